The predicted octanol–water partition coefficient (Wildman–Crippen LogP) is 2.78. The maximum atomic E-state index is 4.36. The third-order valence-electron chi connectivity index (χ3n) is 4.58. The second-order valence-corrected chi connectivity index (χ2v) is 7.50. The number of hydrogen-bond donors (Lipinski definition) is 2. The van der Waals surface area contributed by atoms with Crippen LogP contribution in [-0.2, 0) is 5.41 Å². The van der Waals surface area contributed by atoms with Crippen LogP contribution < -0.4 is 10.6 Å². The first-order valence-electron chi connectivity index (χ1n) is 7.94. The van der Waals surface area contributed by atoms with Crippen LogP contribution in [0.25, 0.3) is 0 Å². The van der Waals surface area contributed by atoms with Crippen molar-refractivity contribution in [2.45, 2.75) is 36.3 Å². The molecule has 1 saturated heterocycles. The Hall–Kier alpha value is -1.16. The van der Waals surface area contributed by atoms with Gasteiger partial charge in [0, 0.05) is 30.8 Å². The minimum Gasteiger partial charge on any atom is -0.356 e. The van der Waals surface area contributed by atoms with Crippen LogP contribution in [0.15, 0.2) is 35.3 Å². The van der Waals surface area contributed by atoms with E-state index in [1.807, 2.05) is 7.05 Å². The van der Waals surface area contributed by atoms with E-state index in [-0.39, 0.29) is 0 Å². The quantitative estimate of drug-likeness (QED) is 0.649. The van der Waals surface area contributed by atoms with Gasteiger partial charge < -0.3 is 10.6 Å². The van der Waals surface area contributed by atoms with Crippen LogP contribution in [-0.4, -0.2) is 37.1 Å². The van der Waals surface area contributed by atoms with Crippen molar-refractivity contribution in [2.24, 2.45) is 4.99 Å². The SMILES string of the molecule is CN=C(NCC1CCCS1)NCC1(c2ccccc2)CC1. The second kappa shape index (κ2) is 6.73. The van der Waals surface area contributed by atoms with Crippen molar-refractivity contribution in [1.82, 2.24) is 10.6 Å². The number of guanidine groups is 1. The summed E-state index contributed by atoms with van der Waals surface area (Å²) in [4.78, 5) is 4.36. The largest absolute Gasteiger partial charge is 0.356 e. The highest BCUT2D eigenvalue weighted by Crippen LogP contribution is 2.47. The fraction of sp³-hybridized carbons (Fsp3) is 0.588. The zero-order valence-electron chi connectivity index (χ0n) is 12.8. The standard InChI is InChI=1S/C17H25N3S/c1-18-16(19-12-15-8-5-11-21-15)20-13-17(9-10-17)14-6-3-2-4-7-14/h2-4,6-7,15H,5,8-13H2,1H3,(H2,18,19,20). The van der Waals surface area contributed by atoms with E-state index in [9.17, 15) is 0 Å². The zero-order chi connectivity index (χ0) is 14.5. The Bertz CT molecular complexity index is 476. The van der Waals surface area contributed by atoms with Crippen LogP contribution in [0.2, 0.25) is 0 Å². The molecule has 1 saturated carbocycles. The van der Waals surface area contributed by atoms with Crippen molar-refractivity contribution >= 4 is 17.7 Å². The lowest BCUT2D eigenvalue weighted by Gasteiger charge is -2.20. The lowest BCUT2D eigenvalue weighted by atomic mass is 9.96. The Kier molecular flexibility index (Phi) is 4.73. The third-order valence-corrected chi connectivity index (χ3v) is 5.98. The summed E-state index contributed by atoms with van der Waals surface area (Å²) in [5.74, 6) is 2.26. The molecule has 1 aliphatic carbocycles. The van der Waals surface area contributed by atoms with E-state index < -0.39 is 0 Å². The van der Waals surface area contributed by atoms with E-state index in [1.165, 1.54) is 37.0 Å². The van der Waals surface area contributed by atoms with Crippen LogP contribution in [0.1, 0.15) is 31.2 Å². The molecule has 1 heterocycles. The average molecular weight is 303 g/mol. The normalized spacial score (nSPS) is 23.9. The molecule has 0 amide bonds. The van der Waals surface area contributed by atoms with Crippen LogP contribution in [0.4, 0.5) is 0 Å². The smallest absolute Gasteiger partial charge is 0.191 e. The van der Waals surface area contributed by atoms with Gasteiger partial charge in [0.1, 0.15) is 0 Å². The molecule has 4 heteroatoms. The third kappa shape index (κ3) is 3.73. The Morgan fingerprint density at radius 2 is 2.10 bits per heavy atom. The summed E-state index contributed by atoms with van der Waals surface area (Å²) in [7, 11) is 1.86. The molecule has 3 nitrogen and oxygen atoms in total. The fourth-order valence-corrected chi connectivity index (χ4v) is 4.20. The minimum absolute atomic E-state index is 0.334. The summed E-state index contributed by atoms with van der Waals surface area (Å²) in [5.41, 5.74) is 1.79. The lowest BCUT2D eigenvalue weighted by Crippen LogP contribution is -2.43. The molecular weight excluding hydrogens is 278 g/mol. The van der Waals surface area contributed by atoms with Gasteiger partial charge in [0.25, 0.3) is 0 Å². The Labute approximate surface area is 132 Å². The molecule has 1 aliphatic heterocycles. The average Bonchev–Trinajstić information content (AvgIpc) is 3.15. The number of nitrogens with zero attached hydrogens (tertiary/aromatic N) is 1. The van der Waals surface area contributed by atoms with Crippen LogP contribution >= 0.6 is 11.8 Å². The maximum Gasteiger partial charge on any atom is 0.191 e. The molecule has 0 aromatic heterocycles. The van der Waals surface area contributed by atoms with Crippen molar-refractivity contribution in [1.29, 1.82) is 0 Å². The van der Waals surface area contributed by atoms with Gasteiger partial charge in [-0.1, -0.05) is 30.3 Å². The molecule has 0 bridgehead atoms. The van der Waals surface area contributed by atoms with E-state index in [4.69, 9.17) is 0 Å². The molecule has 1 atom stereocenters. The van der Waals surface area contributed by atoms with Gasteiger partial charge >= 0.3 is 0 Å². The Balaban J connectivity index is 1.49. The van der Waals surface area contributed by atoms with Gasteiger partial charge in [-0.05, 0) is 37.0 Å². The number of nitrogens with one attached hydrogen (secondary N) is 2. The molecular formula is C17H25N3S. The summed E-state index contributed by atoms with van der Waals surface area (Å²) >= 11 is 2.08. The lowest BCUT2D eigenvalue weighted by molar-refractivity contribution is 0.641. The molecule has 2 aliphatic rings. The molecule has 21 heavy (non-hydrogen) atoms. The van der Waals surface area contributed by atoms with E-state index in [0.29, 0.717) is 5.41 Å². The topological polar surface area (TPSA) is 36.4 Å². The molecule has 0 spiro atoms. The maximum absolute atomic E-state index is 4.36. The van der Waals surface area contributed by atoms with Gasteiger partial charge in [-0.15, -0.1) is 0 Å². The highest BCUT2D eigenvalue weighted by atomic mass is 32.2. The van der Waals surface area contributed by atoms with Crippen LogP contribution in [0.5, 0.6) is 0 Å². The Morgan fingerprint density at radius 3 is 2.71 bits per heavy atom. The number of aliphatic imine (C=N–C) groups is 1. The van der Waals surface area contributed by atoms with Gasteiger partial charge in [-0.3, -0.25) is 4.99 Å². The monoisotopic (exact) mass is 303 g/mol. The zero-order valence-corrected chi connectivity index (χ0v) is 13.6. The predicted molar refractivity (Wildman–Crippen MR) is 92.2 cm³/mol. The number of thioether (sulfide) groups is 1. The van der Waals surface area contributed by atoms with Gasteiger partial charge in [0.05, 0.1) is 0 Å². The number of benzene rings is 1. The summed E-state index contributed by atoms with van der Waals surface area (Å²) in [6, 6.07) is 10.9. The first-order chi connectivity index (χ1) is 10.3. The minimum atomic E-state index is 0.334. The van der Waals surface area contributed by atoms with E-state index in [0.717, 1.165) is 24.3 Å². The van der Waals surface area contributed by atoms with Crippen LogP contribution in [0, 0.1) is 0 Å². The van der Waals surface area contributed by atoms with E-state index >= 15 is 0 Å². The molecule has 3 rings (SSSR count). The summed E-state index contributed by atoms with van der Waals surface area (Å²) in [6.45, 7) is 2.01. The summed E-state index contributed by atoms with van der Waals surface area (Å²) in [6.07, 6.45) is 5.25. The number of hydrogen-bond acceptors (Lipinski definition) is 2. The molecule has 0 radical (unpaired) electrons. The summed E-state index contributed by atoms with van der Waals surface area (Å²) in [5, 5.41) is 7.76. The van der Waals surface area contributed by atoms with Crippen molar-refractivity contribution in [3.05, 3.63) is 35.9 Å². The first kappa shape index (κ1) is 14.8. The molecule has 2 N–H and O–H groups in total. The number of rotatable bonds is 5. The van der Waals surface area contributed by atoms with Gasteiger partial charge in [-0.25, -0.2) is 0 Å². The Morgan fingerprint density at radius 1 is 1.29 bits per heavy atom. The summed E-state index contributed by atoms with van der Waals surface area (Å²) < 4.78 is 0. The van der Waals surface area contributed by atoms with Crippen LogP contribution in [0.3, 0.4) is 0 Å². The van der Waals surface area contributed by atoms with Crippen molar-refractivity contribution in [2.75, 3.05) is 25.9 Å². The molecule has 114 valence electrons. The second-order valence-electron chi connectivity index (χ2n) is 6.09. The molecule has 1 unspecified atom stereocenters. The van der Waals surface area contributed by atoms with Gasteiger partial charge in [-0.2, -0.15) is 11.8 Å². The molecule has 1 aromatic rings. The van der Waals surface area contributed by atoms with E-state index in [1.54, 1.807) is 0 Å². The van der Waals surface area contributed by atoms with E-state index in [2.05, 4.69) is 57.7 Å². The highest BCUT2D eigenvalue weighted by Gasteiger charge is 2.43. The van der Waals surface area contributed by atoms with Gasteiger partial charge in [0.2, 0.25) is 0 Å². The fourth-order valence-electron chi connectivity index (χ4n) is 3.00. The van der Waals surface area contributed by atoms with Crippen molar-refractivity contribution < 1.29 is 0 Å². The molecule has 2 fully saturated rings. The van der Waals surface area contributed by atoms with Crippen molar-refractivity contribution in [3.63, 3.8) is 0 Å². The highest BCUT2D eigenvalue weighted by molar-refractivity contribution is 8.00. The van der Waals surface area contributed by atoms with Crippen molar-refractivity contribution in [3.8, 4) is 0 Å². The first-order valence-corrected chi connectivity index (χ1v) is 8.99. The molecule has 1 aromatic carbocycles. The van der Waals surface area contributed by atoms with Gasteiger partial charge in [0.15, 0.2) is 5.96 Å².